The van der Waals surface area contributed by atoms with Crippen LogP contribution in [0.1, 0.15) is 41.4 Å². The van der Waals surface area contributed by atoms with E-state index in [1.807, 2.05) is 32.0 Å². The zero-order valence-electron chi connectivity index (χ0n) is 15.9. The molecule has 0 atom stereocenters. The molecule has 0 saturated carbocycles. The lowest BCUT2D eigenvalue weighted by atomic mass is 10.1. The summed E-state index contributed by atoms with van der Waals surface area (Å²) in [6.45, 7) is 7.37. The highest BCUT2D eigenvalue weighted by atomic mass is 16.6. The number of benzene rings is 1. The first-order valence-corrected chi connectivity index (χ1v) is 9.20. The first-order valence-electron chi connectivity index (χ1n) is 9.20. The maximum Gasteiger partial charge on any atom is 0.409 e. The molecule has 0 bridgehead atoms. The van der Waals surface area contributed by atoms with Crippen molar-refractivity contribution in [3.05, 3.63) is 41.2 Å². The number of nitrogens with zero attached hydrogens (tertiary/aromatic N) is 4. The van der Waals surface area contributed by atoms with E-state index in [9.17, 15) is 9.59 Å². The molecule has 1 aromatic carbocycles. The van der Waals surface area contributed by atoms with Gasteiger partial charge in [-0.2, -0.15) is 0 Å². The van der Waals surface area contributed by atoms with E-state index in [1.165, 1.54) is 5.56 Å². The maximum absolute atomic E-state index is 12.5. The molecule has 8 heteroatoms. The topological polar surface area (TPSA) is 89.4 Å². The van der Waals surface area contributed by atoms with Gasteiger partial charge in [-0.1, -0.05) is 11.3 Å². The van der Waals surface area contributed by atoms with Gasteiger partial charge in [-0.25, -0.2) is 9.48 Å². The highest BCUT2D eigenvalue weighted by Gasteiger charge is 2.25. The number of carbonyl (C=O) groups is 2. The van der Waals surface area contributed by atoms with Crippen molar-refractivity contribution in [1.29, 1.82) is 0 Å². The molecule has 1 aliphatic rings. The predicted octanol–water partition coefficient (Wildman–Crippen LogP) is 2.23. The van der Waals surface area contributed by atoms with Crippen LogP contribution in [0.5, 0.6) is 0 Å². The third kappa shape index (κ3) is 4.45. The van der Waals surface area contributed by atoms with Crippen molar-refractivity contribution in [2.24, 2.45) is 0 Å². The Hall–Kier alpha value is -2.90. The van der Waals surface area contributed by atoms with Crippen LogP contribution in [0.4, 0.5) is 4.79 Å². The van der Waals surface area contributed by atoms with E-state index >= 15 is 0 Å². The minimum absolute atomic E-state index is 0.00921. The second-order valence-corrected chi connectivity index (χ2v) is 6.75. The van der Waals surface area contributed by atoms with Gasteiger partial charge >= 0.3 is 6.09 Å². The Morgan fingerprint density at radius 1 is 1.22 bits per heavy atom. The number of aryl methyl sites for hydroxylation is 2. The second-order valence-electron chi connectivity index (χ2n) is 6.75. The molecule has 27 heavy (non-hydrogen) atoms. The molecule has 3 rings (SSSR count). The lowest BCUT2D eigenvalue weighted by molar-refractivity contribution is 0.0856. The average molecular weight is 371 g/mol. The fraction of sp³-hybridized carbons (Fsp3) is 0.474. The van der Waals surface area contributed by atoms with Crippen molar-refractivity contribution >= 4 is 12.0 Å². The van der Waals surface area contributed by atoms with Crippen molar-refractivity contribution < 1.29 is 14.3 Å². The summed E-state index contributed by atoms with van der Waals surface area (Å²) in [6.07, 6.45) is 2.72. The number of piperidine rings is 1. The van der Waals surface area contributed by atoms with Crippen LogP contribution in [0.2, 0.25) is 0 Å². The molecule has 1 fully saturated rings. The molecule has 0 radical (unpaired) electrons. The smallest absolute Gasteiger partial charge is 0.409 e. The molecule has 144 valence electrons. The molecular weight excluding hydrogens is 346 g/mol. The van der Waals surface area contributed by atoms with Crippen LogP contribution in [-0.2, 0) is 4.74 Å². The number of hydrogen-bond donors (Lipinski definition) is 1. The Morgan fingerprint density at radius 3 is 2.63 bits per heavy atom. The summed E-state index contributed by atoms with van der Waals surface area (Å²) >= 11 is 0. The summed E-state index contributed by atoms with van der Waals surface area (Å²) in [5.74, 6) is -0.250. The molecule has 2 aromatic rings. The van der Waals surface area contributed by atoms with Crippen molar-refractivity contribution in [1.82, 2.24) is 25.2 Å². The lowest BCUT2D eigenvalue weighted by Crippen LogP contribution is -2.46. The predicted molar refractivity (Wildman–Crippen MR) is 99.9 cm³/mol. The van der Waals surface area contributed by atoms with Crippen molar-refractivity contribution in [2.45, 2.75) is 39.7 Å². The molecule has 0 unspecified atom stereocenters. The Labute approximate surface area is 158 Å². The molecular formula is C19H25N5O3. The van der Waals surface area contributed by atoms with E-state index < -0.39 is 0 Å². The SMILES string of the molecule is CCOC(=O)N1CCC(NC(=O)c2cn(-c3ccc(C)c(C)c3)nn2)CC1. The molecule has 1 N–H and O–H groups in total. The second kappa shape index (κ2) is 8.20. The van der Waals surface area contributed by atoms with Gasteiger partial charge in [-0.05, 0) is 56.9 Å². The van der Waals surface area contributed by atoms with Crippen LogP contribution in [0.3, 0.4) is 0 Å². The van der Waals surface area contributed by atoms with Crippen molar-refractivity contribution in [3.63, 3.8) is 0 Å². The van der Waals surface area contributed by atoms with E-state index in [-0.39, 0.29) is 23.7 Å². The van der Waals surface area contributed by atoms with Gasteiger partial charge in [0, 0.05) is 19.1 Å². The minimum atomic E-state index is -0.293. The number of aromatic nitrogens is 3. The fourth-order valence-corrected chi connectivity index (χ4v) is 3.04. The molecule has 1 saturated heterocycles. The van der Waals surface area contributed by atoms with Crippen LogP contribution in [0, 0.1) is 13.8 Å². The molecule has 8 nitrogen and oxygen atoms in total. The number of ether oxygens (including phenoxy) is 1. The first kappa shape index (κ1) is 18.9. The average Bonchev–Trinajstić information content (AvgIpc) is 3.15. The molecule has 1 aromatic heterocycles. The molecule has 1 aliphatic heterocycles. The minimum Gasteiger partial charge on any atom is -0.450 e. The number of nitrogens with one attached hydrogen (secondary N) is 1. The van der Waals surface area contributed by atoms with Crippen LogP contribution < -0.4 is 5.32 Å². The monoisotopic (exact) mass is 371 g/mol. The Balaban J connectivity index is 1.57. The molecule has 2 amide bonds. The van der Waals surface area contributed by atoms with Gasteiger partial charge in [-0.3, -0.25) is 4.79 Å². The summed E-state index contributed by atoms with van der Waals surface area (Å²) in [5, 5.41) is 11.0. The summed E-state index contributed by atoms with van der Waals surface area (Å²) in [5.41, 5.74) is 3.50. The summed E-state index contributed by atoms with van der Waals surface area (Å²) in [4.78, 5) is 25.9. The van der Waals surface area contributed by atoms with Crippen LogP contribution in [0.15, 0.2) is 24.4 Å². The number of rotatable bonds is 4. The highest BCUT2D eigenvalue weighted by molar-refractivity contribution is 5.92. The van der Waals surface area contributed by atoms with Crippen LogP contribution in [0.25, 0.3) is 5.69 Å². The number of amides is 2. The third-order valence-corrected chi connectivity index (χ3v) is 4.84. The van der Waals surface area contributed by atoms with Gasteiger partial charge in [0.05, 0.1) is 18.5 Å². The Kier molecular flexibility index (Phi) is 5.73. The Bertz CT molecular complexity index is 825. The van der Waals surface area contributed by atoms with E-state index in [0.717, 1.165) is 11.3 Å². The zero-order chi connectivity index (χ0) is 19.4. The highest BCUT2D eigenvalue weighted by Crippen LogP contribution is 2.14. The van der Waals surface area contributed by atoms with Crippen molar-refractivity contribution in [2.75, 3.05) is 19.7 Å². The zero-order valence-corrected chi connectivity index (χ0v) is 15.9. The Morgan fingerprint density at radius 2 is 1.96 bits per heavy atom. The van der Waals surface area contributed by atoms with E-state index in [4.69, 9.17) is 4.74 Å². The third-order valence-electron chi connectivity index (χ3n) is 4.84. The molecule has 0 spiro atoms. The number of likely N-dealkylation sites (tertiary alicyclic amines) is 1. The largest absolute Gasteiger partial charge is 0.450 e. The lowest BCUT2D eigenvalue weighted by Gasteiger charge is -2.31. The van der Waals surface area contributed by atoms with Gasteiger partial charge < -0.3 is 15.0 Å². The molecule has 2 heterocycles. The molecule has 0 aliphatic carbocycles. The van der Waals surface area contributed by atoms with Crippen LogP contribution in [-0.4, -0.2) is 57.6 Å². The summed E-state index contributed by atoms with van der Waals surface area (Å²) < 4.78 is 6.61. The quantitative estimate of drug-likeness (QED) is 0.890. The van der Waals surface area contributed by atoms with Gasteiger partial charge in [0.15, 0.2) is 5.69 Å². The summed E-state index contributed by atoms with van der Waals surface area (Å²) in [7, 11) is 0. The van der Waals surface area contributed by atoms with Gasteiger partial charge in [0.25, 0.3) is 5.91 Å². The van der Waals surface area contributed by atoms with Crippen LogP contribution >= 0.6 is 0 Å². The van der Waals surface area contributed by atoms with E-state index in [2.05, 4.69) is 15.6 Å². The fourth-order valence-electron chi connectivity index (χ4n) is 3.04. The first-order chi connectivity index (χ1) is 13.0. The standard InChI is InChI=1S/C19H25N5O3/c1-4-27-19(26)23-9-7-15(8-10-23)20-18(25)17-12-24(22-21-17)16-6-5-13(2)14(3)11-16/h5-6,11-12,15H,4,7-10H2,1-3H3,(H,20,25). The van der Waals surface area contributed by atoms with Gasteiger partial charge in [0.1, 0.15) is 0 Å². The van der Waals surface area contributed by atoms with E-state index in [1.54, 1.807) is 22.7 Å². The summed E-state index contributed by atoms with van der Waals surface area (Å²) in [6, 6.07) is 5.99. The van der Waals surface area contributed by atoms with Gasteiger partial charge in [-0.15, -0.1) is 5.10 Å². The number of hydrogen-bond acceptors (Lipinski definition) is 5. The van der Waals surface area contributed by atoms with E-state index in [0.29, 0.717) is 32.5 Å². The van der Waals surface area contributed by atoms with Crippen molar-refractivity contribution in [3.8, 4) is 5.69 Å². The maximum atomic E-state index is 12.5. The van der Waals surface area contributed by atoms with Gasteiger partial charge in [0.2, 0.25) is 0 Å². The normalized spacial score (nSPS) is 14.9. The number of carbonyl (C=O) groups excluding carboxylic acids is 2.